The third-order valence-electron chi connectivity index (χ3n) is 10.6. The van der Waals surface area contributed by atoms with Gasteiger partial charge in [-0.05, 0) is 76.3 Å². The first kappa shape index (κ1) is 29.4. The zero-order valence-corrected chi connectivity index (χ0v) is 30.9. The van der Waals surface area contributed by atoms with Gasteiger partial charge in [0.2, 0.25) is 21.8 Å². The minimum absolute atomic E-state index is 0.0366. The number of pyridine rings is 1. The number of carbonyl (C=O) groups is 3. The van der Waals surface area contributed by atoms with Gasteiger partial charge in [0, 0.05) is 46.0 Å². The number of methoxy groups -OCH3 is 1. The molecule has 2 aromatic heterocycles. The number of carbonyl (C=O) groups excluding carboxylic acids is 3. The summed E-state index contributed by atoms with van der Waals surface area (Å²) in [5, 5.41) is 4.81. The predicted octanol–water partition coefficient (Wildman–Crippen LogP) is 5.25. The van der Waals surface area contributed by atoms with E-state index in [-0.39, 0.29) is 53.4 Å². The Balaban J connectivity index is 1.26. The van der Waals surface area contributed by atoms with Crippen LogP contribution in [0.4, 0.5) is 0 Å². The third kappa shape index (κ3) is 7.03. The first-order valence-corrected chi connectivity index (χ1v) is 20.2. The van der Waals surface area contributed by atoms with Crippen LogP contribution in [0, 0.1) is 24.6 Å². The predicted molar refractivity (Wildman–Crippen MR) is 199 cm³/mol. The molecular weight excluding hydrogens is 703 g/mol. The van der Waals surface area contributed by atoms with Gasteiger partial charge in [0.05, 0.1) is 39.4 Å². The van der Waals surface area contributed by atoms with Gasteiger partial charge in [0.1, 0.15) is 33.8 Å². The summed E-state index contributed by atoms with van der Waals surface area (Å²) in [5.41, 5.74) is -0.956. The van der Waals surface area contributed by atoms with Crippen molar-refractivity contribution in [2.45, 2.75) is 94.9 Å². The number of nitrogens with zero attached hydrogens (tertiary/aromatic N) is 3. The molecule has 14 heteroatoms. The van der Waals surface area contributed by atoms with Crippen LogP contribution in [0.25, 0.3) is 21.6 Å². The molecule has 1 aromatic carbocycles. The monoisotopic (exact) mass is 755 g/mol. The fourth-order valence-electron chi connectivity index (χ4n) is 7.27. The molecule has 1 aliphatic heterocycles. The Labute approximate surface area is 317 Å². The van der Waals surface area contributed by atoms with E-state index >= 15 is 0 Å². The summed E-state index contributed by atoms with van der Waals surface area (Å²) in [7, 11) is -5.19. The quantitative estimate of drug-likeness (QED) is 0.293. The number of hydrogen-bond donors (Lipinski definition) is 2. The van der Waals surface area contributed by atoms with Gasteiger partial charge in [-0.25, -0.2) is 18.4 Å². The van der Waals surface area contributed by atoms with Crippen LogP contribution in [0.15, 0.2) is 35.7 Å². The number of aryl methyl sites for hydroxylation is 1. The highest BCUT2D eigenvalue weighted by molar-refractivity contribution is 7.91. The maximum absolute atomic E-state index is 14.4. The number of ether oxygens (including phenoxy) is 2. The Bertz CT molecular complexity index is 2260. The standard InChI is InChI=1S/C38H47N5O7S2/c1-21(2)30-20-51-35(40-30)29-18-32(26-13-14-31(49-5)22(3)33(26)39-29)50-24-16-27-28(17-24)36(45)43(4)15-9-7-6-8-10-23-19-38(23,41-34(27)44)37(46)42-52(47,48)25-11-12-25/h8,10,13-14,18,20-21,23-25,27-28H,6-7,9,11-12,15-17,19H2,1-5H3,(H,41,44)(H,42,46)/b10-8-/t23-,24-,27-,28-,38-/m1/s1/i3D3,5D3. The van der Waals surface area contributed by atoms with Crippen LogP contribution in [0.1, 0.15) is 90.6 Å². The molecule has 0 radical (unpaired) electrons. The van der Waals surface area contributed by atoms with Gasteiger partial charge in [0.25, 0.3) is 5.91 Å². The second kappa shape index (κ2) is 14.1. The number of fused-ring (bicyclic) bond motifs is 3. The SMILES string of the molecule is [2H]C([2H])([2H])Oc1ccc2c(O[C@@H]3C[C@H]4C(=O)N[C@]5(C(=O)NS(=O)(=O)C6CC6)C[C@H]5/C=C\CCCCN(C)C(=O)[C@@H]4C3)cc(-c3nc(C(C)C)cs3)nc2c1C([2H])([2H])[2H]. The van der Waals surface area contributed by atoms with E-state index in [4.69, 9.17) is 27.7 Å². The van der Waals surface area contributed by atoms with Crippen molar-refractivity contribution in [1.29, 1.82) is 0 Å². The van der Waals surface area contributed by atoms with E-state index < -0.39 is 81.7 Å². The molecule has 278 valence electrons. The molecule has 3 amide bonds. The lowest BCUT2D eigenvalue weighted by molar-refractivity contribution is -0.140. The average Bonchev–Trinajstić information content (AvgIpc) is 4.00. The summed E-state index contributed by atoms with van der Waals surface area (Å²) in [4.78, 5) is 53.2. The maximum atomic E-state index is 14.4. The van der Waals surface area contributed by atoms with Gasteiger partial charge in [-0.15, -0.1) is 11.3 Å². The lowest BCUT2D eigenvalue weighted by Crippen LogP contribution is -2.54. The molecular formula is C38H47N5O7S2. The van der Waals surface area contributed by atoms with Crippen LogP contribution in [-0.2, 0) is 24.4 Å². The Morgan fingerprint density at radius 1 is 1.15 bits per heavy atom. The number of allylic oxidation sites excluding steroid dienone is 1. The second-order valence-electron chi connectivity index (χ2n) is 14.7. The summed E-state index contributed by atoms with van der Waals surface area (Å²) < 4.78 is 88.0. The number of benzene rings is 1. The normalized spacial score (nSPS) is 29.6. The Hall–Kier alpha value is -4.04. The maximum Gasteiger partial charge on any atom is 0.259 e. The van der Waals surface area contributed by atoms with Crippen molar-refractivity contribution >= 4 is 50.0 Å². The molecule has 3 aromatic rings. The van der Waals surface area contributed by atoms with E-state index in [9.17, 15) is 22.8 Å². The van der Waals surface area contributed by atoms with Gasteiger partial charge in [0.15, 0.2) is 0 Å². The fourth-order valence-corrected chi connectivity index (χ4v) is 9.58. The number of hydrogen-bond acceptors (Lipinski definition) is 10. The number of sulfonamides is 1. The van der Waals surface area contributed by atoms with Crippen molar-refractivity contribution < 1.29 is 40.5 Å². The van der Waals surface area contributed by atoms with Crippen molar-refractivity contribution in [2.24, 2.45) is 17.8 Å². The highest BCUT2D eigenvalue weighted by atomic mass is 32.2. The van der Waals surface area contributed by atoms with Crippen molar-refractivity contribution in [3.63, 3.8) is 0 Å². The van der Waals surface area contributed by atoms with E-state index in [1.165, 1.54) is 23.5 Å². The summed E-state index contributed by atoms with van der Waals surface area (Å²) in [6.45, 7) is 1.55. The number of rotatable bonds is 8. The van der Waals surface area contributed by atoms with E-state index in [0.29, 0.717) is 37.2 Å². The third-order valence-corrected chi connectivity index (χ3v) is 13.3. The number of aromatic nitrogens is 2. The molecule has 3 aliphatic carbocycles. The molecule has 7 rings (SSSR count). The summed E-state index contributed by atoms with van der Waals surface area (Å²) in [6.07, 6.45) is 6.41. The topological polar surface area (TPSA) is 157 Å². The van der Waals surface area contributed by atoms with Crippen molar-refractivity contribution in [1.82, 2.24) is 24.9 Å². The molecule has 3 fully saturated rings. The highest BCUT2D eigenvalue weighted by Crippen LogP contribution is 2.47. The van der Waals surface area contributed by atoms with Crippen LogP contribution in [0.5, 0.6) is 11.5 Å². The zero-order chi connectivity index (χ0) is 41.9. The first-order valence-electron chi connectivity index (χ1n) is 20.8. The number of thiazole rings is 1. The van der Waals surface area contributed by atoms with Gasteiger partial charge >= 0.3 is 0 Å². The Morgan fingerprint density at radius 3 is 2.69 bits per heavy atom. The van der Waals surface area contributed by atoms with Gasteiger partial charge in [-0.3, -0.25) is 19.1 Å². The molecule has 3 saturated carbocycles. The fraction of sp³-hybridized carbons (Fsp3) is 0.553. The van der Waals surface area contributed by atoms with Crippen LogP contribution in [-0.4, -0.2) is 78.5 Å². The molecule has 0 bridgehead atoms. The first-order chi connectivity index (χ1) is 27.2. The summed E-state index contributed by atoms with van der Waals surface area (Å²) in [6, 6.07) is 4.33. The molecule has 4 aliphatic rings. The molecule has 3 heterocycles. The largest absolute Gasteiger partial charge is 0.496 e. The minimum Gasteiger partial charge on any atom is -0.496 e. The number of nitrogens with one attached hydrogen (secondary N) is 2. The van der Waals surface area contributed by atoms with Gasteiger partial charge in [-0.2, -0.15) is 0 Å². The van der Waals surface area contributed by atoms with Crippen LogP contribution in [0.2, 0.25) is 0 Å². The van der Waals surface area contributed by atoms with Gasteiger partial charge < -0.3 is 19.7 Å². The molecule has 0 spiro atoms. The van der Waals surface area contributed by atoms with Crippen LogP contribution < -0.4 is 19.5 Å². The van der Waals surface area contributed by atoms with Crippen LogP contribution in [0.3, 0.4) is 0 Å². The Kier molecular flexibility index (Phi) is 7.96. The van der Waals surface area contributed by atoms with E-state index in [1.807, 2.05) is 31.4 Å². The van der Waals surface area contributed by atoms with Crippen molar-refractivity contribution in [3.8, 4) is 22.2 Å². The lowest BCUT2D eigenvalue weighted by atomic mass is 9.93. The lowest BCUT2D eigenvalue weighted by Gasteiger charge is -2.26. The van der Waals surface area contributed by atoms with E-state index in [1.54, 1.807) is 18.0 Å². The molecule has 12 nitrogen and oxygen atoms in total. The molecule has 5 atom stereocenters. The van der Waals surface area contributed by atoms with Crippen molar-refractivity contribution in [2.75, 3.05) is 20.6 Å². The molecule has 0 saturated heterocycles. The zero-order valence-electron chi connectivity index (χ0n) is 35.3. The highest BCUT2D eigenvalue weighted by Gasteiger charge is 2.62. The molecule has 0 unspecified atom stereocenters. The summed E-state index contributed by atoms with van der Waals surface area (Å²) >= 11 is 1.30. The van der Waals surface area contributed by atoms with E-state index in [2.05, 4.69) is 10.0 Å². The smallest absolute Gasteiger partial charge is 0.259 e. The average molecular weight is 756 g/mol. The Morgan fingerprint density at radius 2 is 1.96 bits per heavy atom. The minimum atomic E-state index is -3.91. The summed E-state index contributed by atoms with van der Waals surface area (Å²) in [5.74, 6) is -4.05. The molecule has 52 heavy (non-hydrogen) atoms. The van der Waals surface area contributed by atoms with Gasteiger partial charge in [-0.1, -0.05) is 26.0 Å². The number of amides is 3. The van der Waals surface area contributed by atoms with Crippen LogP contribution >= 0.6 is 11.3 Å². The van der Waals surface area contributed by atoms with Crippen molar-refractivity contribution in [3.05, 3.63) is 47.0 Å². The van der Waals surface area contributed by atoms with E-state index in [0.717, 1.165) is 12.1 Å². The molecule has 2 N–H and O–H groups in total. The second-order valence-corrected chi connectivity index (χ2v) is 17.5.